The van der Waals surface area contributed by atoms with Gasteiger partial charge in [-0.25, -0.2) is 0 Å². The van der Waals surface area contributed by atoms with Gasteiger partial charge >= 0.3 is 0 Å². The number of nitrogens with zero attached hydrogens (tertiary/aromatic N) is 4. The molecule has 3 rings (SSSR count). The number of hydrogen-bond donors (Lipinski definition) is 1. The third-order valence-electron chi connectivity index (χ3n) is 4.41. The fourth-order valence-electron chi connectivity index (χ4n) is 3.22. The van der Waals surface area contributed by atoms with Crippen LogP contribution in [-0.4, -0.2) is 53.9 Å². The van der Waals surface area contributed by atoms with Crippen LogP contribution in [0.25, 0.3) is 0 Å². The Hall–Kier alpha value is -1.20. The van der Waals surface area contributed by atoms with Gasteiger partial charge in [0.1, 0.15) is 0 Å². The van der Waals surface area contributed by atoms with Crippen molar-refractivity contribution in [3.63, 3.8) is 0 Å². The molecule has 0 spiro atoms. The minimum absolute atomic E-state index is 0.723. The van der Waals surface area contributed by atoms with E-state index in [1.165, 1.54) is 32.4 Å². The molecule has 20 heavy (non-hydrogen) atoms. The smallest absolute Gasteiger partial charge is 0.151 e. The lowest BCUT2D eigenvalue weighted by Crippen LogP contribution is -2.35. The lowest BCUT2D eigenvalue weighted by Gasteiger charge is -2.23. The Morgan fingerprint density at radius 1 is 1.20 bits per heavy atom. The number of hydrogen-bond acceptors (Lipinski definition) is 5. The minimum atomic E-state index is 0.723. The Kier molecular flexibility index (Phi) is 4.47. The van der Waals surface area contributed by atoms with Gasteiger partial charge in [0.2, 0.25) is 0 Å². The summed E-state index contributed by atoms with van der Waals surface area (Å²) in [6.45, 7) is 8.67. The van der Waals surface area contributed by atoms with Crippen LogP contribution in [0.4, 0.5) is 5.82 Å². The van der Waals surface area contributed by atoms with E-state index >= 15 is 0 Å². The highest BCUT2D eigenvalue weighted by Gasteiger charge is 2.29. The molecule has 3 heterocycles. The molecule has 0 aliphatic carbocycles. The molecule has 1 aromatic heterocycles. The molecule has 1 atom stereocenters. The summed E-state index contributed by atoms with van der Waals surface area (Å²) in [5.74, 6) is 1.03. The predicted octanol–water partition coefficient (Wildman–Crippen LogP) is 1.26. The van der Waals surface area contributed by atoms with Gasteiger partial charge < -0.3 is 10.2 Å². The highest BCUT2D eigenvalue weighted by atomic mass is 15.3. The molecule has 1 aromatic rings. The Labute approximate surface area is 121 Å². The normalized spacial score (nSPS) is 23.6. The average molecular weight is 275 g/mol. The summed E-state index contributed by atoms with van der Waals surface area (Å²) < 4.78 is 0. The van der Waals surface area contributed by atoms with Gasteiger partial charge in [0.15, 0.2) is 5.82 Å². The van der Waals surface area contributed by atoms with E-state index in [-0.39, 0.29) is 0 Å². The van der Waals surface area contributed by atoms with Crippen molar-refractivity contribution in [1.29, 1.82) is 0 Å². The molecular formula is C15H25N5. The second-order valence-corrected chi connectivity index (χ2v) is 5.79. The first-order chi connectivity index (χ1) is 9.86. The van der Waals surface area contributed by atoms with Crippen molar-refractivity contribution in [2.24, 2.45) is 0 Å². The Morgan fingerprint density at radius 2 is 2.05 bits per heavy atom. The van der Waals surface area contributed by atoms with Gasteiger partial charge in [0.25, 0.3) is 0 Å². The summed E-state index contributed by atoms with van der Waals surface area (Å²) in [4.78, 5) is 5.03. The molecular weight excluding hydrogens is 250 g/mol. The van der Waals surface area contributed by atoms with Crippen molar-refractivity contribution in [3.05, 3.63) is 17.8 Å². The Morgan fingerprint density at radius 3 is 2.75 bits per heavy atom. The molecule has 2 aliphatic rings. The molecule has 0 bridgehead atoms. The average Bonchev–Trinajstić information content (AvgIpc) is 3.16. The highest BCUT2D eigenvalue weighted by molar-refractivity contribution is 5.39. The van der Waals surface area contributed by atoms with Gasteiger partial charge in [0, 0.05) is 25.7 Å². The zero-order valence-corrected chi connectivity index (χ0v) is 12.4. The van der Waals surface area contributed by atoms with E-state index in [2.05, 4.69) is 44.4 Å². The van der Waals surface area contributed by atoms with E-state index < -0.39 is 0 Å². The Balaban J connectivity index is 1.56. The van der Waals surface area contributed by atoms with Crippen LogP contribution in [0.2, 0.25) is 0 Å². The molecule has 0 radical (unpaired) electrons. The summed E-state index contributed by atoms with van der Waals surface area (Å²) in [5.41, 5.74) is 1.02. The Bertz CT molecular complexity index is 413. The predicted molar refractivity (Wildman–Crippen MR) is 80.8 cm³/mol. The van der Waals surface area contributed by atoms with Crippen LogP contribution in [0.15, 0.2) is 12.1 Å². The monoisotopic (exact) mass is 275 g/mol. The van der Waals surface area contributed by atoms with Crippen LogP contribution in [0, 0.1) is 0 Å². The van der Waals surface area contributed by atoms with Crippen LogP contribution >= 0.6 is 0 Å². The summed E-state index contributed by atoms with van der Waals surface area (Å²) in [6.07, 6.45) is 4.01. The quantitative estimate of drug-likeness (QED) is 0.876. The summed E-state index contributed by atoms with van der Waals surface area (Å²) >= 11 is 0. The molecule has 1 unspecified atom stereocenters. The summed E-state index contributed by atoms with van der Waals surface area (Å²) in [6, 6.07) is 4.93. The van der Waals surface area contributed by atoms with Crippen LogP contribution in [0.3, 0.4) is 0 Å². The van der Waals surface area contributed by atoms with Gasteiger partial charge in [-0.15, -0.1) is 5.10 Å². The van der Waals surface area contributed by atoms with Crippen molar-refractivity contribution < 1.29 is 0 Å². The number of anilines is 1. The third-order valence-corrected chi connectivity index (χ3v) is 4.41. The summed E-state index contributed by atoms with van der Waals surface area (Å²) in [7, 11) is 0. The maximum absolute atomic E-state index is 4.39. The molecule has 2 saturated heterocycles. The van der Waals surface area contributed by atoms with E-state index in [0.29, 0.717) is 0 Å². The van der Waals surface area contributed by atoms with Gasteiger partial charge in [-0.3, -0.25) is 4.90 Å². The van der Waals surface area contributed by atoms with E-state index in [9.17, 15) is 0 Å². The van der Waals surface area contributed by atoms with Crippen LogP contribution in [0.1, 0.15) is 31.9 Å². The number of aromatic nitrogens is 2. The third kappa shape index (κ3) is 3.10. The molecule has 0 amide bonds. The molecule has 5 heteroatoms. The van der Waals surface area contributed by atoms with Gasteiger partial charge in [-0.1, -0.05) is 6.92 Å². The van der Waals surface area contributed by atoms with E-state index in [0.717, 1.165) is 43.7 Å². The second kappa shape index (κ2) is 6.50. The number of likely N-dealkylation sites (tertiary alicyclic amines) is 1. The molecule has 2 fully saturated rings. The van der Waals surface area contributed by atoms with Gasteiger partial charge in [-0.05, 0) is 51.0 Å². The first-order valence-corrected chi connectivity index (χ1v) is 7.89. The van der Waals surface area contributed by atoms with Gasteiger partial charge in [-0.2, -0.15) is 5.10 Å². The first kappa shape index (κ1) is 13.8. The molecule has 0 saturated carbocycles. The lowest BCUT2D eigenvalue weighted by atomic mass is 10.2. The second-order valence-electron chi connectivity index (χ2n) is 5.79. The first-order valence-electron chi connectivity index (χ1n) is 7.89. The van der Waals surface area contributed by atoms with Crippen LogP contribution < -0.4 is 10.2 Å². The molecule has 0 aromatic carbocycles. The highest BCUT2D eigenvalue weighted by Crippen LogP contribution is 2.23. The maximum atomic E-state index is 4.39. The zero-order chi connectivity index (χ0) is 13.8. The van der Waals surface area contributed by atoms with Crippen molar-refractivity contribution in [1.82, 2.24) is 20.4 Å². The zero-order valence-electron chi connectivity index (χ0n) is 12.4. The SMILES string of the molecule is CCNCc1ccc(N2CCC(N3CCCC3)C2)nn1. The molecule has 5 nitrogen and oxygen atoms in total. The standard InChI is InChI=1S/C15H25N5/c1-2-16-11-13-5-6-15(18-17-13)20-10-7-14(12-20)19-8-3-4-9-19/h5-6,14,16H,2-4,7-12H2,1H3. The number of rotatable bonds is 5. The van der Waals surface area contributed by atoms with Crippen LogP contribution in [-0.2, 0) is 6.54 Å². The molecule has 1 N–H and O–H groups in total. The van der Waals surface area contributed by atoms with Crippen molar-refractivity contribution in [2.45, 2.75) is 38.8 Å². The fourth-order valence-corrected chi connectivity index (χ4v) is 3.22. The van der Waals surface area contributed by atoms with Crippen LogP contribution in [0.5, 0.6) is 0 Å². The fraction of sp³-hybridized carbons (Fsp3) is 0.733. The van der Waals surface area contributed by atoms with Crippen molar-refractivity contribution in [3.8, 4) is 0 Å². The van der Waals surface area contributed by atoms with Gasteiger partial charge in [0.05, 0.1) is 5.69 Å². The largest absolute Gasteiger partial charge is 0.354 e. The molecule has 2 aliphatic heterocycles. The maximum Gasteiger partial charge on any atom is 0.151 e. The van der Waals surface area contributed by atoms with E-state index in [1.807, 2.05) is 0 Å². The summed E-state index contributed by atoms with van der Waals surface area (Å²) in [5, 5.41) is 12.0. The van der Waals surface area contributed by atoms with E-state index in [4.69, 9.17) is 0 Å². The minimum Gasteiger partial charge on any atom is -0.354 e. The lowest BCUT2D eigenvalue weighted by molar-refractivity contribution is 0.260. The molecule has 110 valence electrons. The van der Waals surface area contributed by atoms with Crippen molar-refractivity contribution in [2.75, 3.05) is 37.6 Å². The van der Waals surface area contributed by atoms with E-state index in [1.54, 1.807) is 0 Å². The van der Waals surface area contributed by atoms with Crippen molar-refractivity contribution >= 4 is 5.82 Å². The topological polar surface area (TPSA) is 44.3 Å². The number of nitrogens with one attached hydrogen (secondary N) is 1.